The molecule has 2 N–H and O–H groups in total. The van der Waals surface area contributed by atoms with E-state index in [1.54, 1.807) is 36.4 Å². The number of ether oxygens (including phenoxy) is 1. The van der Waals surface area contributed by atoms with E-state index in [-0.39, 0.29) is 25.0 Å². The maximum Gasteiger partial charge on any atom is 0.262 e. The SMILES string of the molecule is C#CCNC(=O)c1ccccc1NC(=O)COc1ccc(Br)cc1. The van der Waals surface area contributed by atoms with E-state index < -0.39 is 0 Å². The lowest BCUT2D eigenvalue weighted by Gasteiger charge is -2.11. The van der Waals surface area contributed by atoms with E-state index >= 15 is 0 Å². The van der Waals surface area contributed by atoms with E-state index in [0.717, 1.165) is 4.47 Å². The lowest BCUT2D eigenvalue weighted by molar-refractivity contribution is -0.118. The van der Waals surface area contributed by atoms with Crippen LogP contribution in [0.2, 0.25) is 0 Å². The highest BCUT2D eigenvalue weighted by Gasteiger charge is 2.12. The summed E-state index contributed by atoms with van der Waals surface area (Å²) in [7, 11) is 0. The molecule has 0 atom stereocenters. The Morgan fingerprint density at radius 3 is 2.54 bits per heavy atom. The number of anilines is 1. The van der Waals surface area contributed by atoms with Crippen molar-refractivity contribution < 1.29 is 14.3 Å². The Kier molecular flexibility index (Phi) is 6.41. The van der Waals surface area contributed by atoms with Gasteiger partial charge >= 0.3 is 0 Å². The quantitative estimate of drug-likeness (QED) is 0.750. The van der Waals surface area contributed by atoms with Crippen LogP contribution in [0.4, 0.5) is 5.69 Å². The molecule has 122 valence electrons. The third kappa shape index (κ3) is 5.14. The third-order valence-corrected chi connectivity index (χ3v) is 3.51. The molecule has 5 nitrogen and oxygen atoms in total. The Balaban J connectivity index is 1.97. The number of terminal acetylenes is 1. The lowest BCUT2D eigenvalue weighted by atomic mass is 10.1. The largest absolute Gasteiger partial charge is 0.484 e. The fourth-order valence-electron chi connectivity index (χ4n) is 1.88. The van der Waals surface area contributed by atoms with Gasteiger partial charge in [0.1, 0.15) is 5.75 Å². The molecule has 0 saturated carbocycles. The molecule has 2 amide bonds. The van der Waals surface area contributed by atoms with Gasteiger partial charge in [0.15, 0.2) is 6.61 Å². The number of nitrogens with one attached hydrogen (secondary N) is 2. The minimum Gasteiger partial charge on any atom is -0.484 e. The van der Waals surface area contributed by atoms with Crippen LogP contribution in [0.3, 0.4) is 0 Å². The monoisotopic (exact) mass is 386 g/mol. The van der Waals surface area contributed by atoms with Crippen molar-refractivity contribution in [2.45, 2.75) is 0 Å². The Hall–Kier alpha value is -2.78. The highest BCUT2D eigenvalue weighted by atomic mass is 79.9. The summed E-state index contributed by atoms with van der Waals surface area (Å²) >= 11 is 3.32. The number of carbonyl (C=O) groups is 2. The van der Waals surface area contributed by atoms with Gasteiger partial charge in [-0.05, 0) is 36.4 Å². The second-order valence-corrected chi connectivity index (χ2v) is 5.64. The zero-order valence-electron chi connectivity index (χ0n) is 12.7. The van der Waals surface area contributed by atoms with Crippen LogP contribution < -0.4 is 15.4 Å². The Morgan fingerprint density at radius 1 is 1.12 bits per heavy atom. The van der Waals surface area contributed by atoms with Crippen LogP contribution >= 0.6 is 15.9 Å². The number of benzene rings is 2. The van der Waals surface area contributed by atoms with Crippen molar-refractivity contribution in [1.82, 2.24) is 5.32 Å². The van der Waals surface area contributed by atoms with Gasteiger partial charge in [-0.3, -0.25) is 9.59 Å². The number of para-hydroxylation sites is 1. The molecule has 0 aliphatic heterocycles. The molecule has 0 fully saturated rings. The lowest BCUT2D eigenvalue weighted by Crippen LogP contribution is -2.26. The predicted octanol–water partition coefficient (Wildman–Crippen LogP) is 2.83. The van der Waals surface area contributed by atoms with Crippen LogP contribution in [0, 0.1) is 12.3 Å². The first-order valence-corrected chi connectivity index (χ1v) is 7.88. The molecule has 0 radical (unpaired) electrons. The molecule has 0 aromatic heterocycles. The van der Waals surface area contributed by atoms with Crippen LogP contribution in [0.25, 0.3) is 0 Å². The summed E-state index contributed by atoms with van der Waals surface area (Å²) in [6.45, 7) is -0.0459. The van der Waals surface area contributed by atoms with Gasteiger partial charge in [0.2, 0.25) is 0 Å². The van der Waals surface area contributed by atoms with Gasteiger partial charge in [-0.15, -0.1) is 6.42 Å². The number of carbonyl (C=O) groups excluding carboxylic acids is 2. The standard InChI is InChI=1S/C18H15BrN2O3/c1-2-11-20-18(23)15-5-3-4-6-16(15)21-17(22)12-24-14-9-7-13(19)8-10-14/h1,3-10H,11-12H2,(H,20,23)(H,21,22). The second-order valence-electron chi connectivity index (χ2n) is 4.72. The molecule has 2 aromatic carbocycles. The Labute approximate surface area is 148 Å². The van der Waals surface area contributed by atoms with Crippen LogP contribution in [0.5, 0.6) is 5.75 Å². The molecule has 0 aliphatic carbocycles. The normalized spacial score (nSPS) is 9.67. The molecule has 2 rings (SSSR count). The van der Waals surface area contributed by atoms with Crippen molar-refractivity contribution in [1.29, 1.82) is 0 Å². The average molecular weight is 387 g/mol. The third-order valence-electron chi connectivity index (χ3n) is 2.98. The van der Waals surface area contributed by atoms with Gasteiger partial charge in [0, 0.05) is 4.47 Å². The topological polar surface area (TPSA) is 67.4 Å². The number of amides is 2. The molecule has 24 heavy (non-hydrogen) atoms. The van der Waals surface area contributed by atoms with Crippen LogP contribution in [0.15, 0.2) is 53.0 Å². The molecular formula is C18H15BrN2O3. The average Bonchev–Trinajstić information content (AvgIpc) is 2.59. The van der Waals surface area contributed by atoms with Crippen molar-refractivity contribution in [3.63, 3.8) is 0 Å². The summed E-state index contributed by atoms with van der Waals surface area (Å²) in [5.74, 6) is 2.19. The number of hydrogen-bond donors (Lipinski definition) is 2. The van der Waals surface area contributed by atoms with Crippen molar-refractivity contribution >= 4 is 33.4 Å². The fraction of sp³-hybridized carbons (Fsp3) is 0.111. The maximum absolute atomic E-state index is 12.0. The van der Waals surface area contributed by atoms with Crippen LogP contribution in [-0.2, 0) is 4.79 Å². The first kappa shape index (κ1) is 17.6. The minimum absolute atomic E-state index is 0.119. The van der Waals surface area contributed by atoms with Crippen molar-refractivity contribution in [2.24, 2.45) is 0 Å². The summed E-state index contributed by atoms with van der Waals surface area (Å²) in [5.41, 5.74) is 0.737. The van der Waals surface area contributed by atoms with E-state index in [0.29, 0.717) is 17.0 Å². The zero-order chi connectivity index (χ0) is 17.4. The number of halogens is 1. The minimum atomic E-state index is -0.366. The molecule has 0 heterocycles. The van der Waals surface area contributed by atoms with E-state index in [4.69, 9.17) is 11.2 Å². The Morgan fingerprint density at radius 2 is 1.83 bits per heavy atom. The van der Waals surface area contributed by atoms with Crippen LogP contribution in [0.1, 0.15) is 10.4 Å². The zero-order valence-corrected chi connectivity index (χ0v) is 14.3. The molecule has 0 saturated heterocycles. The van der Waals surface area contributed by atoms with Gasteiger partial charge in [-0.25, -0.2) is 0 Å². The van der Waals surface area contributed by atoms with Gasteiger partial charge in [-0.1, -0.05) is 34.0 Å². The van der Waals surface area contributed by atoms with E-state index in [1.165, 1.54) is 0 Å². The maximum atomic E-state index is 12.0. The molecule has 0 aliphatic rings. The van der Waals surface area contributed by atoms with Gasteiger partial charge in [-0.2, -0.15) is 0 Å². The van der Waals surface area contributed by atoms with E-state index in [9.17, 15) is 9.59 Å². The summed E-state index contributed by atoms with van der Waals surface area (Å²) in [6.07, 6.45) is 5.12. The summed E-state index contributed by atoms with van der Waals surface area (Å²) in [6, 6.07) is 13.8. The first-order valence-electron chi connectivity index (χ1n) is 7.09. The second kappa shape index (κ2) is 8.75. The number of hydrogen-bond acceptors (Lipinski definition) is 3. The summed E-state index contributed by atoms with van der Waals surface area (Å²) in [4.78, 5) is 24.1. The fourth-order valence-corrected chi connectivity index (χ4v) is 2.15. The predicted molar refractivity (Wildman–Crippen MR) is 95.9 cm³/mol. The van der Waals surface area contributed by atoms with Crippen molar-refractivity contribution in [2.75, 3.05) is 18.5 Å². The smallest absolute Gasteiger partial charge is 0.262 e. The van der Waals surface area contributed by atoms with Gasteiger partial charge in [0.25, 0.3) is 11.8 Å². The van der Waals surface area contributed by atoms with E-state index in [2.05, 4.69) is 32.5 Å². The van der Waals surface area contributed by atoms with Gasteiger partial charge in [0.05, 0.1) is 17.8 Å². The molecular weight excluding hydrogens is 372 g/mol. The molecule has 2 aromatic rings. The number of rotatable bonds is 6. The van der Waals surface area contributed by atoms with E-state index in [1.807, 2.05) is 12.1 Å². The highest BCUT2D eigenvalue weighted by Crippen LogP contribution is 2.17. The highest BCUT2D eigenvalue weighted by molar-refractivity contribution is 9.10. The van der Waals surface area contributed by atoms with Crippen molar-refractivity contribution in [3.05, 3.63) is 58.6 Å². The molecule has 6 heteroatoms. The van der Waals surface area contributed by atoms with Crippen LogP contribution in [-0.4, -0.2) is 25.0 Å². The molecule has 0 unspecified atom stereocenters. The van der Waals surface area contributed by atoms with Crippen molar-refractivity contribution in [3.8, 4) is 18.1 Å². The summed E-state index contributed by atoms with van der Waals surface area (Å²) < 4.78 is 6.32. The summed E-state index contributed by atoms with van der Waals surface area (Å²) in [5, 5.41) is 5.23. The first-order chi connectivity index (χ1) is 11.6. The molecule has 0 spiro atoms. The Bertz CT molecular complexity index is 767. The molecule has 0 bridgehead atoms. The van der Waals surface area contributed by atoms with Gasteiger partial charge < -0.3 is 15.4 Å².